The first kappa shape index (κ1) is 14.5. The smallest absolute Gasteiger partial charge is 0.262 e. The van der Waals surface area contributed by atoms with Crippen molar-refractivity contribution < 1.29 is 12.8 Å². The number of halogens is 1. The minimum Gasteiger partial charge on any atom is -0.326 e. The predicted octanol–water partition coefficient (Wildman–Crippen LogP) is 2.39. The van der Waals surface area contributed by atoms with Gasteiger partial charge in [-0.25, -0.2) is 12.8 Å². The van der Waals surface area contributed by atoms with E-state index in [2.05, 4.69) is 4.72 Å². The van der Waals surface area contributed by atoms with Crippen LogP contribution < -0.4 is 10.5 Å². The quantitative estimate of drug-likeness (QED) is 0.909. The molecule has 3 N–H and O–H groups in total. The molecule has 0 aromatic heterocycles. The van der Waals surface area contributed by atoms with Crippen molar-refractivity contribution in [3.63, 3.8) is 0 Å². The largest absolute Gasteiger partial charge is 0.326 e. The summed E-state index contributed by atoms with van der Waals surface area (Å²) in [7, 11) is -3.77. The lowest BCUT2D eigenvalue weighted by atomic mass is 10.1. The van der Waals surface area contributed by atoms with Crippen molar-refractivity contribution in [2.75, 3.05) is 4.72 Å². The van der Waals surface area contributed by atoms with Gasteiger partial charge in [0.1, 0.15) is 5.82 Å². The Morgan fingerprint density at radius 2 is 1.90 bits per heavy atom. The van der Waals surface area contributed by atoms with E-state index < -0.39 is 15.8 Å². The van der Waals surface area contributed by atoms with Crippen molar-refractivity contribution in [1.82, 2.24) is 0 Å². The van der Waals surface area contributed by atoms with Crippen molar-refractivity contribution in [3.05, 3.63) is 59.4 Å². The van der Waals surface area contributed by atoms with Crippen molar-refractivity contribution in [3.8, 4) is 0 Å². The summed E-state index contributed by atoms with van der Waals surface area (Å²) in [5, 5.41) is 0. The Hall–Kier alpha value is -1.92. The molecule has 0 unspecified atom stereocenters. The van der Waals surface area contributed by atoms with Gasteiger partial charge in [-0.3, -0.25) is 4.72 Å². The van der Waals surface area contributed by atoms with Gasteiger partial charge >= 0.3 is 0 Å². The van der Waals surface area contributed by atoms with Gasteiger partial charge in [0.2, 0.25) is 0 Å². The average Bonchev–Trinajstić information content (AvgIpc) is 2.38. The molecule has 0 spiro atoms. The van der Waals surface area contributed by atoms with Crippen LogP contribution in [0.3, 0.4) is 0 Å². The van der Waals surface area contributed by atoms with Gasteiger partial charge in [-0.15, -0.1) is 0 Å². The second-order valence-corrected chi connectivity index (χ2v) is 6.01. The van der Waals surface area contributed by atoms with E-state index in [1.807, 2.05) is 0 Å². The van der Waals surface area contributed by atoms with Crippen LogP contribution in [0.2, 0.25) is 0 Å². The summed E-state index contributed by atoms with van der Waals surface area (Å²) in [6, 6.07) is 10.2. The number of hydrogen-bond donors (Lipinski definition) is 2. The van der Waals surface area contributed by atoms with Crippen LogP contribution >= 0.6 is 0 Å². The molecule has 0 aliphatic carbocycles. The number of hydrogen-bond acceptors (Lipinski definition) is 3. The van der Waals surface area contributed by atoms with Crippen LogP contribution in [0, 0.1) is 12.7 Å². The van der Waals surface area contributed by atoms with Gasteiger partial charge in [0.15, 0.2) is 0 Å². The highest BCUT2D eigenvalue weighted by atomic mass is 32.2. The van der Waals surface area contributed by atoms with Crippen LogP contribution in [0.15, 0.2) is 47.4 Å². The SMILES string of the molecule is Cc1c(CN)cccc1S(=O)(=O)Nc1cccc(F)c1. The standard InChI is InChI=1S/C14H15FN2O2S/c1-10-11(9-16)4-2-7-14(10)20(18,19)17-13-6-3-5-12(15)8-13/h2-8,17H,9,16H2,1H3. The van der Waals surface area contributed by atoms with Gasteiger partial charge in [0.05, 0.1) is 10.6 Å². The highest BCUT2D eigenvalue weighted by Crippen LogP contribution is 2.22. The predicted molar refractivity (Wildman–Crippen MR) is 76.3 cm³/mol. The third kappa shape index (κ3) is 2.97. The average molecular weight is 294 g/mol. The topological polar surface area (TPSA) is 72.2 Å². The Balaban J connectivity index is 2.41. The van der Waals surface area contributed by atoms with Gasteiger partial charge in [-0.1, -0.05) is 18.2 Å². The molecule has 0 aliphatic rings. The molecule has 4 nitrogen and oxygen atoms in total. The van der Waals surface area contributed by atoms with Gasteiger partial charge in [0.25, 0.3) is 10.0 Å². The second kappa shape index (κ2) is 5.60. The molecule has 6 heteroatoms. The first-order valence-corrected chi connectivity index (χ1v) is 7.49. The molecular weight excluding hydrogens is 279 g/mol. The Kier molecular flexibility index (Phi) is 4.06. The van der Waals surface area contributed by atoms with E-state index in [9.17, 15) is 12.8 Å². The molecular formula is C14H15FN2O2S. The number of nitrogens with one attached hydrogen (secondary N) is 1. The van der Waals surface area contributed by atoms with Gasteiger partial charge in [-0.05, 0) is 42.3 Å². The lowest BCUT2D eigenvalue weighted by Gasteiger charge is -2.12. The zero-order chi connectivity index (χ0) is 14.8. The van der Waals surface area contributed by atoms with E-state index in [0.29, 0.717) is 5.56 Å². The molecule has 0 radical (unpaired) electrons. The van der Waals surface area contributed by atoms with Crippen LogP contribution in [0.5, 0.6) is 0 Å². The second-order valence-electron chi connectivity index (χ2n) is 4.36. The Morgan fingerprint density at radius 1 is 1.20 bits per heavy atom. The molecule has 0 aliphatic heterocycles. The molecule has 0 amide bonds. The minimum atomic E-state index is -3.77. The van der Waals surface area contributed by atoms with Crippen LogP contribution in [-0.2, 0) is 16.6 Å². The molecule has 0 saturated carbocycles. The van der Waals surface area contributed by atoms with Crippen LogP contribution in [-0.4, -0.2) is 8.42 Å². The summed E-state index contributed by atoms with van der Waals surface area (Å²) in [4.78, 5) is 0.143. The third-order valence-electron chi connectivity index (χ3n) is 2.98. The van der Waals surface area contributed by atoms with Crippen molar-refractivity contribution in [2.45, 2.75) is 18.4 Å². The number of benzene rings is 2. The monoisotopic (exact) mass is 294 g/mol. The van der Waals surface area contributed by atoms with E-state index in [1.165, 1.54) is 24.3 Å². The maximum atomic E-state index is 13.1. The minimum absolute atomic E-state index is 0.143. The van der Waals surface area contributed by atoms with Crippen LogP contribution in [0.4, 0.5) is 10.1 Å². The Labute approximate surface area is 117 Å². The van der Waals surface area contributed by atoms with Gasteiger partial charge in [0, 0.05) is 6.54 Å². The van der Waals surface area contributed by atoms with Crippen LogP contribution in [0.25, 0.3) is 0 Å². The summed E-state index contributed by atoms with van der Waals surface area (Å²) in [5.74, 6) is -0.502. The van der Waals surface area contributed by atoms with Crippen LogP contribution in [0.1, 0.15) is 11.1 Å². The fourth-order valence-corrected chi connectivity index (χ4v) is 3.27. The fraction of sp³-hybridized carbons (Fsp3) is 0.143. The van der Waals surface area contributed by atoms with Crippen molar-refractivity contribution in [2.24, 2.45) is 5.73 Å². The first-order valence-electron chi connectivity index (χ1n) is 6.01. The summed E-state index contributed by atoms with van der Waals surface area (Å²) in [6.45, 7) is 1.96. The molecule has 0 saturated heterocycles. The van der Waals surface area contributed by atoms with E-state index in [0.717, 1.165) is 11.6 Å². The molecule has 0 bridgehead atoms. The lowest BCUT2D eigenvalue weighted by Crippen LogP contribution is -2.15. The number of nitrogens with two attached hydrogens (primary N) is 1. The fourth-order valence-electron chi connectivity index (χ4n) is 1.93. The zero-order valence-corrected chi connectivity index (χ0v) is 11.7. The maximum Gasteiger partial charge on any atom is 0.262 e. The lowest BCUT2D eigenvalue weighted by molar-refractivity contribution is 0.600. The van der Waals surface area contributed by atoms with Crippen molar-refractivity contribution >= 4 is 15.7 Å². The van der Waals surface area contributed by atoms with E-state index >= 15 is 0 Å². The molecule has 2 rings (SSSR count). The van der Waals surface area contributed by atoms with E-state index in [4.69, 9.17) is 5.73 Å². The third-order valence-corrected chi connectivity index (χ3v) is 4.51. The molecule has 0 fully saturated rings. The Bertz CT molecular complexity index is 730. The highest BCUT2D eigenvalue weighted by molar-refractivity contribution is 7.92. The highest BCUT2D eigenvalue weighted by Gasteiger charge is 2.18. The normalized spacial score (nSPS) is 11.3. The number of anilines is 1. The Morgan fingerprint density at radius 3 is 2.55 bits per heavy atom. The van der Waals surface area contributed by atoms with Gasteiger partial charge in [-0.2, -0.15) is 0 Å². The van der Waals surface area contributed by atoms with E-state index in [1.54, 1.807) is 19.1 Å². The molecule has 106 valence electrons. The first-order chi connectivity index (χ1) is 9.44. The summed E-state index contributed by atoms with van der Waals surface area (Å²) < 4.78 is 40.1. The molecule has 20 heavy (non-hydrogen) atoms. The molecule has 2 aromatic rings. The maximum absolute atomic E-state index is 13.1. The number of rotatable bonds is 4. The molecule has 0 heterocycles. The zero-order valence-electron chi connectivity index (χ0n) is 10.9. The van der Waals surface area contributed by atoms with Crippen molar-refractivity contribution in [1.29, 1.82) is 0 Å². The molecule has 2 aromatic carbocycles. The van der Waals surface area contributed by atoms with E-state index in [-0.39, 0.29) is 17.1 Å². The summed E-state index contributed by atoms with van der Waals surface area (Å²) >= 11 is 0. The number of sulfonamides is 1. The summed E-state index contributed by atoms with van der Waals surface area (Å²) in [6.07, 6.45) is 0. The van der Waals surface area contributed by atoms with Gasteiger partial charge < -0.3 is 5.73 Å². The molecule has 0 atom stereocenters. The summed E-state index contributed by atoms with van der Waals surface area (Å²) in [5.41, 5.74) is 7.11.